The third-order valence-electron chi connectivity index (χ3n) is 1.60. The van der Waals surface area contributed by atoms with Crippen LogP contribution in [0.15, 0.2) is 0 Å². The first-order valence-corrected chi connectivity index (χ1v) is 4.41. The van der Waals surface area contributed by atoms with Crippen LogP contribution in [0.3, 0.4) is 0 Å². The Labute approximate surface area is 64.0 Å². The minimum atomic E-state index is -0.176. The molecule has 1 unspecified atom stereocenters. The van der Waals surface area contributed by atoms with Crippen LogP contribution in [0.25, 0.3) is 0 Å². The number of rotatable bonds is 3. The van der Waals surface area contributed by atoms with Crippen molar-refractivity contribution in [2.24, 2.45) is 0 Å². The molecule has 1 aliphatic heterocycles. The first-order chi connectivity index (χ1) is 4.33. The van der Waals surface area contributed by atoms with Crippen molar-refractivity contribution in [2.75, 3.05) is 25.0 Å². The van der Waals surface area contributed by atoms with E-state index in [0.717, 1.165) is 6.54 Å². The second-order valence-electron chi connectivity index (χ2n) is 2.46. The molecular weight excluding hydrogens is 182 g/mol. The Morgan fingerprint density at radius 3 is 2.56 bits per heavy atom. The van der Waals surface area contributed by atoms with Gasteiger partial charge in [-0.2, -0.15) is 0 Å². The standard InChI is InChI=1S/C6H12BrNO/c7-4-6(9)5-8-2-1-3-8/h6,9H,1-5H2. The lowest BCUT2D eigenvalue weighted by atomic mass is 10.2. The van der Waals surface area contributed by atoms with Crippen molar-refractivity contribution in [1.82, 2.24) is 4.90 Å². The van der Waals surface area contributed by atoms with Crippen LogP contribution in [0.1, 0.15) is 6.42 Å². The summed E-state index contributed by atoms with van der Waals surface area (Å²) in [6, 6.07) is 0. The van der Waals surface area contributed by atoms with Gasteiger partial charge in [-0.25, -0.2) is 0 Å². The molecule has 0 spiro atoms. The molecule has 1 saturated heterocycles. The van der Waals surface area contributed by atoms with Crippen molar-refractivity contribution >= 4 is 15.9 Å². The van der Waals surface area contributed by atoms with E-state index in [-0.39, 0.29) is 6.10 Å². The molecule has 0 aromatic carbocycles. The first-order valence-electron chi connectivity index (χ1n) is 3.29. The van der Waals surface area contributed by atoms with Gasteiger partial charge in [0.25, 0.3) is 0 Å². The van der Waals surface area contributed by atoms with Gasteiger partial charge in [-0.05, 0) is 19.5 Å². The lowest BCUT2D eigenvalue weighted by Crippen LogP contribution is -2.42. The predicted octanol–water partition coefficient (Wildman–Crippen LogP) is 0.448. The maximum Gasteiger partial charge on any atom is 0.0763 e. The predicted molar refractivity (Wildman–Crippen MR) is 40.9 cm³/mol. The zero-order chi connectivity index (χ0) is 6.69. The molecule has 0 amide bonds. The highest BCUT2D eigenvalue weighted by Gasteiger charge is 2.16. The normalized spacial score (nSPS) is 23.3. The van der Waals surface area contributed by atoms with Crippen molar-refractivity contribution in [3.63, 3.8) is 0 Å². The number of β-amino-alcohol motifs (C(OH)–C–C–N with tert-alkyl or cyclic N) is 1. The quantitative estimate of drug-likeness (QED) is 0.659. The molecule has 54 valence electrons. The SMILES string of the molecule is OC(CBr)CN1CCC1. The van der Waals surface area contributed by atoms with Crippen LogP contribution < -0.4 is 0 Å². The van der Waals surface area contributed by atoms with Gasteiger partial charge in [-0.3, -0.25) is 0 Å². The van der Waals surface area contributed by atoms with Crippen LogP contribution in [0.4, 0.5) is 0 Å². The molecule has 1 fully saturated rings. The van der Waals surface area contributed by atoms with Gasteiger partial charge in [-0.1, -0.05) is 15.9 Å². The fourth-order valence-corrected chi connectivity index (χ4v) is 1.12. The van der Waals surface area contributed by atoms with E-state index in [9.17, 15) is 0 Å². The van der Waals surface area contributed by atoms with Crippen molar-refractivity contribution in [3.05, 3.63) is 0 Å². The van der Waals surface area contributed by atoms with Gasteiger partial charge in [0, 0.05) is 11.9 Å². The van der Waals surface area contributed by atoms with Gasteiger partial charge in [0.15, 0.2) is 0 Å². The molecule has 1 N–H and O–H groups in total. The molecule has 1 aliphatic rings. The average molecular weight is 194 g/mol. The monoisotopic (exact) mass is 193 g/mol. The Morgan fingerprint density at radius 2 is 2.22 bits per heavy atom. The summed E-state index contributed by atoms with van der Waals surface area (Å²) in [6.07, 6.45) is 1.12. The summed E-state index contributed by atoms with van der Waals surface area (Å²) in [7, 11) is 0. The highest BCUT2D eigenvalue weighted by atomic mass is 79.9. The number of hydrogen-bond donors (Lipinski definition) is 1. The van der Waals surface area contributed by atoms with E-state index in [1.54, 1.807) is 0 Å². The van der Waals surface area contributed by atoms with E-state index >= 15 is 0 Å². The summed E-state index contributed by atoms with van der Waals surface area (Å²) >= 11 is 3.22. The number of halogens is 1. The highest BCUT2D eigenvalue weighted by molar-refractivity contribution is 9.09. The minimum Gasteiger partial charge on any atom is -0.391 e. The van der Waals surface area contributed by atoms with Gasteiger partial charge in [0.2, 0.25) is 0 Å². The van der Waals surface area contributed by atoms with E-state index in [2.05, 4.69) is 20.8 Å². The van der Waals surface area contributed by atoms with Gasteiger partial charge < -0.3 is 10.0 Å². The number of aliphatic hydroxyl groups excluding tert-OH is 1. The van der Waals surface area contributed by atoms with Crippen LogP contribution in [0.2, 0.25) is 0 Å². The maximum atomic E-state index is 9.10. The molecule has 1 heterocycles. The Balaban J connectivity index is 2.01. The Morgan fingerprint density at radius 1 is 1.56 bits per heavy atom. The molecule has 1 rings (SSSR count). The van der Waals surface area contributed by atoms with Gasteiger partial charge >= 0.3 is 0 Å². The Kier molecular flexibility index (Phi) is 2.95. The molecule has 0 aliphatic carbocycles. The number of nitrogens with zero attached hydrogens (tertiary/aromatic N) is 1. The summed E-state index contributed by atoms with van der Waals surface area (Å²) in [4.78, 5) is 2.26. The van der Waals surface area contributed by atoms with Crippen LogP contribution in [-0.2, 0) is 0 Å². The number of likely N-dealkylation sites (tertiary alicyclic amines) is 1. The molecule has 0 bridgehead atoms. The Hall–Kier alpha value is 0.400. The van der Waals surface area contributed by atoms with Crippen molar-refractivity contribution in [3.8, 4) is 0 Å². The number of aliphatic hydroxyl groups is 1. The van der Waals surface area contributed by atoms with E-state index < -0.39 is 0 Å². The van der Waals surface area contributed by atoms with Gasteiger partial charge in [0.1, 0.15) is 0 Å². The van der Waals surface area contributed by atoms with E-state index in [1.807, 2.05) is 0 Å². The topological polar surface area (TPSA) is 23.5 Å². The zero-order valence-electron chi connectivity index (χ0n) is 5.39. The summed E-state index contributed by atoms with van der Waals surface area (Å²) in [5.41, 5.74) is 0. The smallest absolute Gasteiger partial charge is 0.0763 e. The van der Waals surface area contributed by atoms with E-state index in [1.165, 1.54) is 19.5 Å². The number of hydrogen-bond acceptors (Lipinski definition) is 2. The molecule has 2 nitrogen and oxygen atoms in total. The zero-order valence-corrected chi connectivity index (χ0v) is 6.97. The van der Waals surface area contributed by atoms with Crippen molar-refractivity contribution < 1.29 is 5.11 Å². The van der Waals surface area contributed by atoms with Gasteiger partial charge in [-0.15, -0.1) is 0 Å². The second kappa shape index (κ2) is 3.54. The third kappa shape index (κ3) is 2.24. The minimum absolute atomic E-state index is 0.176. The lowest BCUT2D eigenvalue weighted by Gasteiger charge is -2.31. The molecule has 0 aromatic rings. The molecule has 0 saturated carbocycles. The summed E-state index contributed by atoms with van der Waals surface area (Å²) in [5.74, 6) is 0. The second-order valence-corrected chi connectivity index (χ2v) is 3.11. The van der Waals surface area contributed by atoms with Crippen LogP contribution >= 0.6 is 15.9 Å². The largest absolute Gasteiger partial charge is 0.391 e. The van der Waals surface area contributed by atoms with Crippen LogP contribution in [0, 0.1) is 0 Å². The third-order valence-corrected chi connectivity index (χ3v) is 2.34. The maximum absolute atomic E-state index is 9.10. The number of alkyl halides is 1. The fraction of sp³-hybridized carbons (Fsp3) is 1.00. The van der Waals surface area contributed by atoms with Gasteiger partial charge in [0.05, 0.1) is 6.10 Å². The molecule has 3 heteroatoms. The molecular formula is C6H12BrNO. The molecule has 9 heavy (non-hydrogen) atoms. The molecule has 0 aromatic heterocycles. The van der Waals surface area contributed by atoms with Crippen LogP contribution in [0.5, 0.6) is 0 Å². The fourth-order valence-electron chi connectivity index (χ4n) is 0.911. The van der Waals surface area contributed by atoms with Crippen molar-refractivity contribution in [1.29, 1.82) is 0 Å². The highest BCUT2D eigenvalue weighted by Crippen LogP contribution is 2.06. The van der Waals surface area contributed by atoms with Crippen molar-refractivity contribution in [2.45, 2.75) is 12.5 Å². The Bertz CT molecular complexity index is 82.4. The van der Waals surface area contributed by atoms with E-state index in [0.29, 0.717) is 5.33 Å². The summed E-state index contributed by atoms with van der Waals surface area (Å²) in [5, 5.41) is 9.80. The first kappa shape index (κ1) is 7.51. The van der Waals surface area contributed by atoms with E-state index in [4.69, 9.17) is 5.11 Å². The molecule has 1 atom stereocenters. The lowest BCUT2D eigenvalue weighted by molar-refractivity contribution is 0.0928. The average Bonchev–Trinajstić information content (AvgIpc) is 1.78. The molecule has 0 radical (unpaired) electrons. The van der Waals surface area contributed by atoms with Crippen LogP contribution in [-0.4, -0.2) is 41.1 Å². The summed E-state index contributed by atoms with van der Waals surface area (Å²) in [6.45, 7) is 3.18. The summed E-state index contributed by atoms with van der Waals surface area (Å²) < 4.78 is 0.